The standard InChI is InChI=1S/C19H32O2/c1-18-10-4-3-5-12(18)6-7-13-14-8-9-16(21)19(14,2)11-15(20)17(13)18/h12-17,20-21H,3-11H2,1-2H3/t12?,13-,14-,15+,16-,17+,18-,19-/m0/s1. The molecule has 2 N–H and O–H groups in total. The van der Waals surface area contributed by atoms with Crippen molar-refractivity contribution in [3.05, 3.63) is 0 Å². The average molecular weight is 292 g/mol. The van der Waals surface area contributed by atoms with Crippen LogP contribution >= 0.6 is 0 Å². The van der Waals surface area contributed by atoms with Gasteiger partial charge in [-0.1, -0.05) is 26.7 Å². The number of aliphatic hydroxyl groups is 2. The van der Waals surface area contributed by atoms with E-state index in [1.54, 1.807) is 0 Å². The number of fused-ring (bicyclic) bond motifs is 5. The van der Waals surface area contributed by atoms with E-state index in [1.807, 2.05) is 0 Å². The highest BCUT2D eigenvalue weighted by Crippen LogP contribution is 2.66. The van der Waals surface area contributed by atoms with Gasteiger partial charge in [0, 0.05) is 0 Å². The Balaban J connectivity index is 1.70. The second kappa shape index (κ2) is 4.71. The van der Waals surface area contributed by atoms with Gasteiger partial charge in [-0.05, 0) is 79.4 Å². The van der Waals surface area contributed by atoms with Crippen LogP contribution in [-0.4, -0.2) is 22.4 Å². The van der Waals surface area contributed by atoms with Crippen LogP contribution in [0.1, 0.15) is 71.6 Å². The molecule has 0 aromatic rings. The summed E-state index contributed by atoms with van der Waals surface area (Å²) in [4.78, 5) is 0. The van der Waals surface area contributed by atoms with Crippen molar-refractivity contribution >= 4 is 0 Å². The Morgan fingerprint density at radius 2 is 1.67 bits per heavy atom. The zero-order chi connectivity index (χ0) is 14.8. The summed E-state index contributed by atoms with van der Waals surface area (Å²) in [6.45, 7) is 4.75. The Hall–Kier alpha value is -0.0800. The zero-order valence-corrected chi connectivity index (χ0v) is 13.7. The third-order valence-corrected chi connectivity index (χ3v) is 8.46. The van der Waals surface area contributed by atoms with E-state index in [4.69, 9.17) is 0 Å². The smallest absolute Gasteiger partial charge is 0.0597 e. The second-order valence-electron chi connectivity index (χ2n) is 9.19. The third-order valence-electron chi connectivity index (χ3n) is 8.46. The Kier molecular flexibility index (Phi) is 3.25. The van der Waals surface area contributed by atoms with Crippen LogP contribution in [0.4, 0.5) is 0 Å². The van der Waals surface area contributed by atoms with Gasteiger partial charge < -0.3 is 10.2 Å². The minimum atomic E-state index is -0.185. The number of hydrogen-bond donors (Lipinski definition) is 2. The summed E-state index contributed by atoms with van der Waals surface area (Å²) in [6.07, 6.45) is 10.7. The van der Waals surface area contributed by atoms with Crippen molar-refractivity contribution in [2.45, 2.75) is 83.8 Å². The lowest BCUT2D eigenvalue weighted by atomic mass is 9.44. The molecule has 0 spiro atoms. The fraction of sp³-hybridized carbons (Fsp3) is 1.00. The molecule has 2 heteroatoms. The lowest BCUT2D eigenvalue weighted by molar-refractivity contribution is -0.175. The van der Waals surface area contributed by atoms with Crippen molar-refractivity contribution in [1.82, 2.24) is 0 Å². The molecule has 1 unspecified atom stereocenters. The highest BCUT2D eigenvalue weighted by Gasteiger charge is 2.62. The van der Waals surface area contributed by atoms with Gasteiger partial charge in [0.05, 0.1) is 12.2 Å². The van der Waals surface area contributed by atoms with E-state index in [9.17, 15) is 10.2 Å². The van der Waals surface area contributed by atoms with Gasteiger partial charge in [-0.3, -0.25) is 0 Å². The molecule has 8 atom stereocenters. The van der Waals surface area contributed by atoms with Crippen molar-refractivity contribution in [2.24, 2.45) is 34.5 Å². The summed E-state index contributed by atoms with van der Waals surface area (Å²) >= 11 is 0. The van der Waals surface area contributed by atoms with E-state index in [0.29, 0.717) is 23.2 Å². The van der Waals surface area contributed by atoms with E-state index in [2.05, 4.69) is 13.8 Å². The van der Waals surface area contributed by atoms with Crippen LogP contribution in [0.5, 0.6) is 0 Å². The lowest BCUT2D eigenvalue weighted by Crippen LogP contribution is -2.58. The lowest BCUT2D eigenvalue weighted by Gasteiger charge is -2.61. The molecule has 4 aliphatic carbocycles. The van der Waals surface area contributed by atoms with Crippen molar-refractivity contribution in [3.8, 4) is 0 Å². The molecular weight excluding hydrogens is 260 g/mol. The van der Waals surface area contributed by atoms with Crippen molar-refractivity contribution in [2.75, 3.05) is 0 Å². The summed E-state index contributed by atoms with van der Waals surface area (Å²) in [5, 5.41) is 21.5. The molecule has 0 aliphatic heterocycles. The van der Waals surface area contributed by atoms with Crippen LogP contribution in [0.25, 0.3) is 0 Å². The first-order chi connectivity index (χ1) is 9.97. The predicted octanol–water partition coefficient (Wildman–Crippen LogP) is 3.75. The quantitative estimate of drug-likeness (QED) is 0.714. The maximum absolute atomic E-state index is 11.0. The van der Waals surface area contributed by atoms with Crippen LogP contribution in [-0.2, 0) is 0 Å². The fourth-order valence-electron chi connectivity index (χ4n) is 7.39. The highest BCUT2D eigenvalue weighted by atomic mass is 16.3. The van der Waals surface area contributed by atoms with Crippen molar-refractivity contribution < 1.29 is 10.2 Å². The SMILES string of the molecule is C[C@]12C[C@@H](O)[C@H]3[C@@H](CCC4CCCC[C@@]43C)[C@@H]1CC[C@@H]2O. The van der Waals surface area contributed by atoms with Crippen LogP contribution in [0.15, 0.2) is 0 Å². The maximum Gasteiger partial charge on any atom is 0.0597 e. The molecule has 0 bridgehead atoms. The van der Waals surface area contributed by atoms with Crippen LogP contribution < -0.4 is 0 Å². The summed E-state index contributed by atoms with van der Waals surface area (Å²) in [5.41, 5.74) is 0.355. The molecule has 4 saturated carbocycles. The van der Waals surface area contributed by atoms with Gasteiger partial charge in [0.15, 0.2) is 0 Å². The minimum absolute atomic E-state index is 0.0154. The number of hydrogen-bond acceptors (Lipinski definition) is 2. The first kappa shape index (κ1) is 14.5. The number of aliphatic hydroxyl groups excluding tert-OH is 2. The number of rotatable bonds is 0. The molecular formula is C19H32O2. The fourth-order valence-corrected chi connectivity index (χ4v) is 7.39. The molecule has 4 rings (SSSR count). The van der Waals surface area contributed by atoms with Gasteiger partial charge in [-0.15, -0.1) is 0 Å². The molecule has 4 aliphatic rings. The molecule has 0 amide bonds. The van der Waals surface area contributed by atoms with Gasteiger partial charge in [0.25, 0.3) is 0 Å². The van der Waals surface area contributed by atoms with Crippen molar-refractivity contribution in [1.29, 1.82) is 0 Å². The van der Waals surface area contributed by atoms with Gasteiger partial charge in [0.1, 0.15) is 0 Å². The molecule has 0 aromatic heterocycles. The monoisotopic (exact) mass is 292 g/mol. The maximum atomic E-state index is 11.0. The Morgan fingerprint density at radius 1 is 0.857 bits per heavy atom. The Labute approximate surface area is 129 Å². The van der Waals surface area contributed by atoms with Gasteiger partial charge in [0.2, 0.25) is 0 Å². The van der Waals surface area contributed by atoms with E-state index in [-0.39, 0.29) is 17.6 Å². The van der Waals surface area contributed by atoms with Gasteiger partial charge >= 0.3 is 0 Å². The van der Waals surface area contributed by atoms with Gasteiger partial charge in [-0.2, -0.15) is 0 Å². The van der Waals surface area contributed by atoms with E-state index >= 15 is 0 Å². The molecule has 21 heavy (non-hydrogen) atoms. The summed E-state index contributed by atoms with van der Waals surface area (Å²) in [5.74, 6) is 2.66. The molecule has 4 fully saturated rings. The normalized spacial score (nSPS) is 60.0. The molecule has 0 saturated heterocycles. The molecule has 0 heterocycles. The summed E-state index contributed by atoms with van der Waals surface area (Å²) < 4.78 is 0. The predicted molar refractivity (Wildman–Crippen MR) is 83.7 cm³/mol. The van der Waals surface area contributed by atoms with E-state index < -0.39 is 0 Å². The summed E-state index contributed by atoms with van der Waals surface area (Å²) in [6, 6.07) is 0. The molecule has 0 aromatic carbocycles. The topological polar surface area (TPSA) is 40.5 Å². The Bertz CT molecular complexity index is 422. The average Bonchev–Trinajstić information content (AvgIpc) is 2.73. The molecule has 120 valence electrons. The van der Waals surface area contributed by atoms with Crippen LogP contribution in [0.3, 0.4) is 0 Å². The van der Waals surface area contributed by atoms with Gasteiger partial charge in [-0.25, -0.2) is 0 Å². The molecule has 0 radical (unpaired) electrons. The first-order valence-electron chi connectivity index (χ1n) is 9.33. The van der Waals surface area contributed by atoms with Crippen LogP contribution in [0.2, 0.25) is 0 Å². The van der Waals surface area contributed by atoms with E-state index in [0.717, 1.165) is 18.8 Å². The zero-order valence-electron chi connectivity index (χ0n) is 13.7. The van der Waals surface area contributed by atoms with E-state index in [1.165, 1.54) is 44.9 Å². The minimum Gasteiger partial charge on any atom is -0.393 e. The Morgan fingerprint density at radius 3 is 2.48 bits per heavy atom. The second-order valence-corrected chi connectivity index (χ2v) is 9.19. The van der Waals surface area contributed by atoms with Crippen molar-refractivity contribution in [3.63, 3.8) is 0 Å². The largest absolute Gasteiger partial charge is 0.393 e. The first-order valence-corrected chi connectivity index (χ1v) is 9.33. The molecule has 2 nitrogen and oxygen atoms in total. The third kappa shape index (κ3) is 1.84. The highest BCUT2D eigenvalue weighted by molar-refractivity contribution is 5.11. The van der Waals surface area contributed by atoms with Crippen LogP contribution in [0, 0.1) is 34.5 Å². The summed E-state index contributed by atoms with van der Waals surface area (Å²) in [7, 11) is 0.